The van der Waals surface area contributed by atoms with Crippen molar-refractivity contribution < 1.29 is 4.39 Å². The van der Waals surface area contributed by atoms with Crippen molar-refractivity contribution in [3.8, 4) is 22.6 Å². The molecule has 0 saturated carbocycles. The summed E-state index contributed by atoms with van der Waals surface area (Å²) in [5.74, 6) is 0.932. The molecule has 0 aromatic carbocycles. The van der Waals surface area contributed by atoms with E-state index in [0.29, 0.717) is 33.7 Å². The summed E-state index contributed by atoms with van der Waals surface area (Å²) in [6.07, 6.45) is 6.69. The second-order valence-corrected chi connectivity index (χ2v) is 8.81. The van der Waals surface area contributed by atoms with Crippen molar-refractivity contribution >= 4 is 27.9 Å². The molecule has 34 heavy (non-hydrogen) atoms. The first kappa shape index (κ1) is 20.7. The molecule has 9 nitrogen and oxygen atoms in total. The molecule has 5 aromatic heterocycles. The zero-order valence-electron chi connectivity index (χ0n) is 19.2. The summed E-state index contributed by atoms with van der Waals surface area (Å²) in [7, 11) is 3.87. The van der Waals surface area contributed by atoms with Crippen LogP contribution >= 0.6 is 0 Å². The lowest BCUT2D eigenvalue weighted by Crippen LogP contribution is -2.44. The number of aromatic nitrogens is 7. The largest absolute Gasteiger partial charge is 0.352 e. The van der Waals surface area contributed by atoms with E-state index in [1.807, 2.05) is 19.1 Å². The minimum Gasteiger partial charge on any atom is -0.352 e. The van der Waals surface area contributed by atoms with Gasteiger partial charge < -0.3 is 14.8 Å². The van der Waals surface area contributed by atoms with Crippen LogP contribution in [0.3, 0.4) is 0 Å². The first-order valence-electron chi connectivity index (χ1n) is 11.2. The highest BCUT2D eigenvalue weighted by Crippen LogP contribution is 2.34. The molecule has 0 atom stereocenters. The second-order valence-electron chi connectivity index (χ2n) is 8.81. The molecule has 0 amide bonds. The van der Waals surface area contributed by atoms with Crippen molar-refractivity contribution in [1.29, 1.82) is 0 Å². The predicted molar refractivity (Wildman–Crippen MR) is 129 cm³/mol. The maximum Gasteiger partial charge on any atom is 0.161 e. The fourth-order valence-corrected chi connectivity index (χ4v) is 4.53. The molecule has 5 aromatic rings. The lowest BCUT2D eigenvalue weighted by atomic mass is 10.1. The first-order chi connectivity index (χ1) is 16.5. The van der Waals surface area contributed by atoms with Gasteiger partial charge in [-0.05, 0) is 31.7 Å². The lowest BCUT2D eigenvalue weighted by molar-refractivity contribution is 0.312. The van der Waals surface area contributed by atoms with E-state index in [1.165, 1.54) is 6.20 Å². The lowest BCUT2D eigenvalue weighted by Gasteiger charge is -2.33. The van der Waals surface area contributed by atoms with E-state index in [9.17, 15) is 0 Å². The van der Waals surface area contributed by atoms with Gasteiger partial charge in [-0.1, -0.05) is 0 Å². The van der Waals surface area contributed by atoms with Crippen LogP contribution in [0.2, 0.25) is 0 Å². The Morgan fingerprint density at radius 1 is 1.03 bits per heavy atom. The Morgan fingerprint density at radius 2 is 1.85 bits per heavy atom. The number of pyridine rings is 3. The van der Waals surface area contributed by atoms with Crippen LogP contribution in [-0.4, -0.2) is 72.8 Å². The number of imidazole rings is 1. The Hall–Kier alpha value is -3.92. The fraction of sp³-hybridized carbons (Fsp3) is 0.292. The monoisotopic (exact) mass is 457 g/mol. The molecule has 1 aliphatic heterocycles. The third-order valence-electron chi connectivity index (χ3n) is 6.38. The number of likely N-dealkylation sites (N-methyl/N-ethyl adjacent to an activating group) is 1. The molecular formula is C24H24FN9. The van der Waals surface area contributed by atoms with Crippen LogP contribution in [0.15, 0.2) is 36.9 Å². The highest BCUT2D eigenvalue weighted by Gasteiger charge is 2.24. The van der Waals surface area contributed by atoms with Gasteiger partial charge in [-0.15, -0.1) is 0 Å². The Morgan fingerprint density at radius 3 is 2.65 bits per heavy atom. The molecule has 1 saturated heterocycles. The van der Waals surface area contributed by atoms with Gasteiger partial charge in [0.2, 0.25) is 0 Å². The molecule has 1 aliphatic rings. The number of aryl methyl sites for hydroxylation is 2. The zero-order valence-corrected chi connectivity index (χ0v) is 19.2. The Kier molecular flexibility index (Phi) is 4.77. The molecule has 10 heteroatoms. The minimum absolute atomic E-state index is 0.328. The van der Waals surface area contributed by atoms with Crippen LogP contribution < -0.4 is 4.90 Å². The summed E-state index contributed by atoms with van der Waals surface area (Å²) >= 11 is 0. The smallest absolute Gasteiger partial charge is 0.161 e. The number of hydrogen-bond donors (Lipinski definition) is 1. The van der Waals surface area contributed by atoms with Gasteiger partial charge in [-0.3, -0.25) is 4.98 Å². The van der Waals surface area contributed by atoms with Crippen molar-refractivity contribution in [2.45, 2.75) is 6.92 Å². The molecule has 0 spiro atoms. The van der Waals surface area contributed by atoms with Crippen LogP contribution in [0.5, 0.6) is 0 Å². The maximum atomic E-state index is 15.9. The van der Waals surface area contributed by atoms with Gasteiger partial charge in [0.05, 0.1) is 10.9 Å². The highest BCUT2D eigenvalue weighted by molar-refractivity contribution is 5.96. The SMILES string of the molecule is Cc1cncc(-c2cnc3c(c(-c4nc5c(N6CCN(C)CC6)nccc5[nH]4)nn3C)c2F)c1. The van der Waals surface area contributed by atoms with Gasteiger partial charge in [-0.2, -0.15) is 5.10 Å². The van der Waals surface area contributed by atoms with E-state index >= 15 is 4.39 Å². The number of nitrogens with zero attached hydrogens (tertiary/aromatic N) is 8. The van der Waals surface area contributed by atoms with E-state index in [4.69, 9.17) is 4.98 Å². The number of hydrogen-bond acceptors (Lipinski definition) is 7. The topological polar surface area (TPSA) is 91.7 Å². The second kappa shape index (κ2) is 7.84. The summed E-state index contributed by atoms with van der Waals surface area (Å²) in [5, 5.41) is 4.91. The molecule has 6 heterocycles. The molecule has 6 rings (SSSR count). The molecule has 0 aliphatic carbocycles. The van der Waals surface area contributed by atoms with Crippen molar-refractivity contribution in [3.05, 3.63) is 48.3 Å². The minimum atomic E-state index is -0.390. The Bertz CT molecular complexity index is 1530. The fourth-order valence-electron chi connectivity index (χ4n) is 4.53. The van der Waals surface area contributed by atoms with Gasteiger partial charge in [0, 0.05) is 69.1 Å². The average Bonchev–Trinajstić information content (AvgIpc) is 3.41. The molecular weight excluding hydrogens is 433 g/mol. The van der Waals surface area contributed by atoms with Crippen molar-refractivity contribution in [3.63, 3.8) is 0 Å². The van der Waals surface area contributed by atoms with Crippen LogP contribution in [0.25, 0.3) is 44.7 Å². The van der Waals surface area contributed by atoms with Crippen molar-refractivity contribution in [2.24, 2.45) is 7.05 Å². The summed E-state index contributed by atoms with van der Waals surface area (Å²) < 4.78 is 17.5. The molecule has 1 N–H and O–H groups in total. The Balaban J connectivity index is 1.51. The molecule has 0 bridgehead atoms. The van der Waals surface area contributed by atoms with Crippen LogP contribution in [0.4, 0.5) is 10.2 Å². The molecule has 172 valence electrons. The number of aromatic amines is 1. The number of piperazine rings is 1. The van der Waals surface area contributed by atoms with E-state index in [2.05, 4.69) is 41.9 Å². The summed E-state index contributed by atoms with van der Waals surface area (Å²) in [5.41, 5.74) is 4.48. The summed E-state index contributed by atoms with van der Waals surface area (Å²) in [4.78, 5) is 26.0. The van der Waals surface area contributed by atoms with Gasteiger partial charge in [-0.25, -0.2) is 24.0 Å². The van der Waals surface area contributed by atoms with Crippen LogP contribution in [0.1, 0.15) is 5.56 Å². The quantitative estimate of drug-likeness (QED) is 0.445. The van der Waals surface area contributed by atoms with E-state index in [0.717, 1.165) is 48.6 Å². The van der Waals surface area contributed by atoms with E-state index in [1.54, 1.807) is 30.3 Å². The van der Waals surface area contributed by atoms with Crippen LogP contribution in [0, 0.1) is 12.7 Å². The van der Waals surface area contributed by atoms with Gasteiger partial charge in [0.15, 0.2) is 17.3 Å². The van der Waals surface area contributed by atoms with Gasteiger partial charge >= 0.3 is 0 Å². The standard InChI is InChI=1S/C24H24FN9/c1-14-10-15(12-26-11-14)16-13-28-23-18(19(16)25)21(31-33(23)3)22-29-17-4-5-27-24(20(17)30-22)34-8-6-32(2)7-9-34/h4-5,10-13H,6-9H2,1-3H3,(H,29,30). The molecule has 1 fully saturated rings. The van der Waals surface area contributed by atoms with Crippen molar-refractivity contribution in [1.82, 2.24) is 39.6 Å². The number of rotatable bonds is 3. The zero-order chi connectivity index (χ0) is 23.4. The molecule has 0 unspecified atom stereocenters. The third-order valence-corrected chi connectivity index (χ3v) is 6.38. The maximum absolute atomic E-state index is 15.9. The van der Waals surface area contributed by atoms with E-state index < -0.39 is 5.82 Å². The molecule has 0 radical (unpaired) electrons. The summed E-state index contributed by atoms with van der Waals surface area (Å²) in [6.45, 7) is 5.62. The van der Waals surface area contributed by atoms with Gasteiger partial charge in [0.1, 0.15) is 17.0 Å². The predicted octanol–water partition coefficient (Wildman–Crippen LogP) is 3.17. The number of H-pyrrole nitrogens is 1. The number of nitrogens with one attached hydrogen (secondary N) is 1. The van der Waals surface area contributed by atoms with Crippen LogP contribution in [-0.2, 0) is 7.05 Å². The van der Waals surface area contributed by atoms with E-state index in [-0.39, 0.29) is 0 Å². The average molecular weight is 458 g/mol. The first-order valence-corrected chi connectivity index (χ1v) is 11.2. The van der Waals surface area contributed by atoms with Gasteiger partial charge in [0.25, 0.3) is 0 Å². The number of halogens is 1. The number of anilines is 1. The highest BCUT2D eigenvalue weighted by atomic mass is 19.1. The Labute approximate surface area is 195 Å². The third kappa shape index (κ3) is 3.29. The van der Waals surface area contributed by atoms with Crippen molar-refractivity contribution in [2.75, 3.05) is 38.1 Å². The normalized spacial score (nSPS) is 15.0. The summed E-state index contributed by atoms with van der Waals surface area (Å²) in [6, 6.07) is 3.78. The number of fused-ring (bicyclic) bond motifs is 2.